The van der Waals surface area contributed by atoms with E-state index in [-0.39, 0.29) is 55.4 Å². The summed E-state index contributed by atoms with van der Waals surface area (Å²) in [5.41, 5.74) is 25.1. The van der Waals surface area contributed by atoms with E-state index >= 15 is 0 Å². The Kier molecular flexibility index (Phi) is 11.8. The molecule has 22 heavy (non-hydrogen) atoms. The Labute approximate surface area is 153 Å². The Balaban J connectivity index is -0.000000902. The first-order chi connectivity index (χ1) is 8.49. The summed E-state index contributed by atoms with van der Waals surface area (Å²) in [6, 6.07) is 9.54. The van der Waals surface area contributed by atoms with Gasteiger partial charge >= 0.3 is 0 Å². The van der Waals surface area contributed by atoms with Gasteiger partial charge in [-0.1, -0.05) is 0 Å². The van der Waals surface area contributed by atoms with Gasteiger partial charge in [-0.15, -0.1) is 49.6 Å². The van der Waals surface area contributed by atoms with Crippen molar-refractivity contribution < 1.29 is 4.79 Å². The zero-order chi connectivity index (χ0) is 13.3. The molecule has 0 heterocycles. The molecule has 0 unspecified atom stereocenters. The minimum Gasteiger partial charge on any atom is -0.397 e. The van der Waals surface area contributed by atoms with Crippen molar-refractivity contribution in [1.29, 1.82) is 0 Å². The Hall–Kier alpha value is -1.53. The van der Waals surface area contributed by atoms with Crippen molar-refractivity contribution in [2.75, 3.05) is 22.9 Å². The fourth-order valence-electron chi connectivity index (χ4n) is 1.60. The number of benzene rings is 2. The minimum absolute atomic E-state index is 0. The SMILES string of the molecule is Cl.Cl.Cl.Cl.Nc1ccc(C(=O)c2ccc(N)c(N)c2)cc1N. The number of carbonyl (C=O) groups is 1. The molecule has 0 amide bonds. The van der Waals surface area contributed by atoms with Gasteiger partial charge in [0.25, 0.3) is 0 Å². The van der Waals surface area contributed by atoms with Crippen molar-refractivity contribution in [2.45, 2.75) is 0 Å². The number of hydrogen-bond donors (Lipinski definition) is 4. The molecule has 0 aliphatic rings. The number of nitrogens with two attached hydrogens (primary N) is 4. The maximum absolute atomic E-state index is 12.2. The van der Waals surface area contributed by atoms with Crippen LogP contribution in [-0.2, 0) is 0 Å². The molecular formula is C13H18Cl4N4O. The Morgan fingerprint density at radius 2 is 0.909 bits per heavy atom. The number of halogens is 4. The number of hydrogen-bond acceptors (Lipinski definition) is 5. The summed E-state index contributed by atoms with van der Waals surface area (Å²) in [6.07, 6.45) is 0. The normalized spacial score (nSPS) is 8.36. The van der Waals surface area contributed by atoms with Crippen LogP contribution in [0.1, 0.15) is 15.9 Å². The molecule has 0 radical (unpaired) electrons. The quantitative estimate of drug-likeness (QED) is 0.466. The first kappa shape index (κ1) is 25.4. The van der Waals surface area contributed by atoms with Crippen LogP contribution in [0, 0.1) is 0 Å². The summed E-state index contributed by atoms with van der Waals surface area (Å²) in [6.45, 7) is 0. The van der Waals surface area contributed by atoms with Gasteiger partial charge in [-0.2, -0.15) is 0 Å². The summed E-state index contributed by atoms with van der Waals surface area (Å²) in [4.78, 5) is 12.2. The van der Waals surface area contributed by atoms with Crippen LogP contribution in [-0.4, -0.2) is 5.78 Å². The topological polar surface area (TPSA) is 121 Å². The van der Waals surface area contributed by atoms with Gasteiger partial charge in [0.1, 0.15) is 0 Å². The Morgan fingerprint density at radius 1 is 0.591 bits per heavy atom. The van der Waals surface area contributed by atoms with E-state index in [1.807, 2.05) is 0 Å². The highest BCUT2D eigenvalue weighted by atomic mass is 35.5. The summed E-state index contributed by atoms with van der Waals surface area (Å²) >= 11 is 0. The second-order valence-corrected chi connectivity index (χ2v) is 4.02. The zero-order valence-corrected chi connectivity index (χ0v) is 14.6. The molecule has 124 valence electrons. The fraction of sp³-hybridized carbons (Fsp3) is 0. The average molecular weight is 388 g/mol. The number of ketones is 1. The third-order valence-electron chi connectivity index (χ3n) is 2.70. The van der Waals surface area contributed by atoms with Crippen LogP contribution < -0.4 is 22.9 Å². The monoisotopic (exact) mass is 386 g/mol. The van der Waals surface area contributed by atoms with Crippen LogP contribution in [0.2, 0.25) is 0 Å². The molecule has 5 nitrogen and oxygen atoms in total. The van der Waals surface area contributed by atoms with Gasteiger partial charge in [-0.25, -0.2) is 0 Å². The molecule has 2 rings (SSSR count). The lowest BCUT2D eigenvalue weighted by molar-refractivity contribution is 0.103. The lowest BCUT2D eigenvalue weighted by Crippen LogP contribution is -2.05. The van der Waals surface area contributed by atoms with Crippen LogP contribution in [0.25, 0.3) is 0 Å². The summed E-state index contributed by atoms with van der Waals surface area (Å²) < 4.78 is 0. The second-order valence-electron chi connectivity index (χ2n) is 4.02. The standard InChI is InChI=1S/C13H14N4O.4ClH/c14-9-3-1-7(5-11(9)16)13(18)8-2-4-10(15)12(17)6-8;;;;/h1-6H,14-17H2;4*1H. The van der Waals surface area contributed by atoms with Gasteiger partial charge in [0.2, 0.25) is 0 Å². The van der Waals surface area contributed by atoms with E-state index in [2.05, 4.69) is 0 Å². The van der Waals surface area contributed by atoms with Crippen LogP contribution in [0.15, 0.2) is 36.4 Å². The molecule has 0 aliphatic heterocycles. The predicted molar refractivity (Wildman–Crippen MR) is 103 cm³/mol. The molecular weight excluding hydrogens is 370 g/mol. The zero-order valence-electron chi connectivity index (χ0n) is 11.3. The van der Waals surface area contributed by atoms with E-state index in [1.54, 1.807) is 36.4 Å². The molecule has 0 aliphatic carbocycles. The molecule has 9 heteroatoms. The van der Waals surface area contributed by atoms with Crippen LogP contribution in [0.5, 0.6) is 0 Å². The summed E-state index contributed by atoms with van der Waals surface area (Å²) in [7, 11) is 0. The molecule has 0 spiro atoms. The van der Waals surface area contributed by atoms with E-state index in [0.717, 1.165) is 0 Å². The molecule has 0 bridgehead atoms. The largest absolute Gasteiger partial charge is 0.397 e. The van der Waals surface area contributed by atoms with Crippen LogP contribution >= 0.6 is 49.6 Å². The summed E-state index contributed by atoms with van der Waals surface area (Å²) in [5.74, 6) is -0.173. The van der Waals surface area contributed by atoms with Crippen LogP contribution in [0.4, 0.5) is 22.7 Å². The molecule has 2 aromatic carbocycles. The highest BCUT2D eigenvalue weighted by Crippen LogP contribution is 2.21. The summed E-state index contributed by atoms with van der Waals surface area (Å²) in [5, 5.41) is 0. The molecule has 0 saturated carbocycles. The fourth-order valence-corrected chi connectivity index (χ4v) is 1.60. The van der Waals surface area contributed by atoms with Crippen LogP contribution in [0.3, 0.4) is 0 Å². The van der Waals surface area contributed by atoms with Crippen molar-refractivity contribution in [3.05, 3.63) is 47.5 Å². The van der Waals surface area contributed by atoms with Crippen molar-refractivity contribution in [1.82, 2.24) is 0 Å². The van der Waals surface area contributed by atoms with Crippen molar-refractivity contribution in [2.24, 2.45) is 0 Å². The smallest absolute Gasteiger partial charge is 0.193 e. The highest BCUT2D eigenvalue weighted by Gasteiger charge is 2.11. The van der Waals surface area contributed by atoms with E-state index in [1.165, 1.54) is 0 Å². The maximum atomic E-state index is 12.2. The molecule has 2 aromatic rings. The van der Waals surface area contributed by atoms with Gasteiger partial charge in [-0.05, 0) is 36.4 Å². The van der Waals surface area contributed by atoms with E-state index in [0.29, 0.717) is 33.9 Å². The number of rotatable bonds is 2. The average Bonchev–Trinajstić information content (AvgIpc) is 2.35. The highest BCUT2D eigenvalue weighted by molar-refractivity contribution is 6.10. The molecule has 0 atom stereocenters. The van der Waals surface area contributed by atoms with Crippen molar-refractivity contribution in [3.63, 3.8) is 0 Å². The van der Waals surface area contributed by atoms with Crippen molar-refractivity contribution in [3.8, 4) is 0 Å². The predicted octanol–water partition coefficient (Wildman–Crippen LogP) is 2.93. The first-order valence-electron chi connectivity index (χ1n) is 5.33. The third kappa shape index (κ3) is 5.35. The molecule has 0 aromatic heterocycles. The maximum Gasteiger partial charge on any atom is 0.193 e. The molecule has 0 saturated heterocycles. The van der Waals surface area contributed by atoms with Gasteiger partial charge in [0.05, 0.1) is 22.7 Å². The lowest BCUT2D eigenvalue weighted by Gasteiger charge is -2.06. The lowest BCUT2D eigenvalue weighted by atomic mass is 10.0. The minimum atomic E-state index is -0.173. The molecule has 8 N–H and O–H groups in total. The van der Waals surface area contributed by atoms with Gasteiger partial charge in [0, 0.05) is 11.1 Å². The van der Waals surface area contributed by atoms with E-state index < -0.39 is 0 Å². The first-order valence-corrected chi connectivity index (χ1v) is 5.33. The van der Waals surface area contributed by atoms with Gasteiger partial charge in [-0.3, -0.25) is 4.79 Å². The number of carbonyl (C=O) groups excluding carboxylic acids is 1. The van der Waals surface area contributed by atoms with E-state index in [4.69, 9.17) is 22.9 Å². The third-order valence-corrected chi connectivity index (χ3v) is 2.70. The molecule has 0 fully saturated rings. The number of anilines is 4. The van der Waals surface area contributed by atoms with E-state index in [9.17, 15) is 4.79 Å². The Morgan fingerprint density at radius 3 is 1.18 bits per heavy atom. The van der Waals surface area contributed by atoms with Gasteiger partial charge in [0.15, 0.2) is 5.78 Å². The van der Waals surface area contributed by atoms with Gasteiger partial charge < -0.3 is 22.9 Å². The second kappa shape index (κ2) is 10.2. The van der Waals surface area contributed by atoms with Crippen molar-refractivity contribution >= 4 is 78.2 Å². The Bertz CT molecular complexity index is 584. The number of nitrogen functional groups attached to an aromatic ring is 4.